The summed E-state index contributed by atoms with van der Waals surface area (Å²) in [7, 11) is 1.39. The second kappa shape index (κ2) is 17.8. The van der Waals surface area contributed by atoms with Crippen molar-refractivity contribution in [2.45, 2.75) is 44.7 Å². The van der Waals surface area contributed by atoms with Gasteiger partial charge in [-0.1, -0.05) is 30.3 Å². The van der Waals surface area contributed by atoms with Gasteiger partial charge in [-0.05, 0) is 49.6 Å². The number of nitrogens with one attached hydrogen (secondary N) is 6. The number of carboxylic acid groups (broad SMARTS) is 1. The zero-order valence-corrected chi connectivity index (χ0v) is 23.7. The van der Waals surface area contributed by atoms with Gasteiger partial charge < -0.3 is 31.7 Å². The molecule has 13 nitrogen and oxygen atoms in total. The number of imide groups is 1. The Hall–Kier alpha value is -4.78. The Kier molecular flexibility index (Phi) is 14.2. The number of anilines is 1. The Morgan fingerprint density at radius 3 is 2.12 bits per heavy atom. The molecule has 2 aromatic rings. The summed E-state index contributed by atoms with van der Waals surface area (Å²) in [5.41, 5.74) is 1.76. The van der Waals surface area contributed by atoms with Crippen molar-refractivity contribution in [3.05, 3.63) is 65.7 Å². The van der Waals surface area contributed by atoms with Gasteiger partial charge in [0.15, 0.2) is 0 Å². The normalized spacial score (nSPS) is 11.9. The van der Waals surface area contributed by atoms with Gasteiger partial charge in [0.05, 0.1) is 11.6 Å². The summed E-state index contributed by atoms with van der Waals surface area (Å²) in [4.78, 5) is 71.8. The number of hydrogen-bond donors (Lipinski definition) is 7. The van der Waals surface area contributed by atoms with E-state index in [-0.39, 0.29) is 55.6 Å². The number of likely N-dealkylation sites (N-methyl/N-ethyl adjacent to an activating group) is 1. The molecule has 0 saturated carbocycles. The average Bonchev–Trinajstić information content (AvgIpc) is 2.97. The number of amides is 5. The van der Waals surface area contributed by atoms with Crippen LogP contribution in [0.5, 0.6) is 0 Å². The first-order valence-electron chi connectivity index (χ1n) is 13.5. The first kappa shape index (κ1) is 33.4. The van der Waals surface area contributed by atoms with Gasteiger partial charge in [-0.2, -0.15) is 0 Å². The first-order chi connectivity index (χ1) is 20.1. The van der Waals surface area contributed by atoms with Gasteiger partial charge in [-0.25, -0.2) is 9.59 Å². The molecule has 2 aromatic carbocycles. The summed E-state index contributed by atoms with van der Waals surface area (Å²) >= 11 is 0. The van der Waals surface area contributed by atoms with Gasteiger partial charge in [0.1, 0.15) is 11.8 Å². The van der Waals surface area contributed by atoms with Crippen LogP contribution in [-0.2, 0) is 25.6 Å². The standard InChI is InChI=1S/C29H38N6O7/c1-19(36)24(18-20-6-4-3-5-7-20)32-16-17-33-25(37)13-12-23(27(39)30-2)34-29(42)35-26(38)14-15-31-22-10-8-21(9-11-22)28(40)41/h3-11,23-24,31-32H,12-18H2,1-2H3,(H,30,39)(H,33,37)(H,40,41)(H2,34,35,38,42)/t23-,24?/m0/s1. The fraction of sp³-hybridized carbons (Fsp3) is 0.379. The number of benzene rings is 2. The Balaban J connectivity index is 1.70. The molecule has 0 bridgehead atoms. The lowest BCUT2D eigenvalue weighted by Crippen LogP contribution is -2.51. The summed E-state index contributed by atoms with van der Waals surface area (Å²) in [6, 6.07) is 13.2. The zero-order valence-electron chi connectivity index (χ0n) is 23.7. The van der Waals surface area contributed by atoms with Crippen molar-refractivity contribution in [2.75, 3.05) is 32.0 Å². The molecule has 0 aliphatic carbocycles. The number of carbonyl (C=O) groups is 6. The van der Waals surface area contributed by atoms with Crippen molar-refractivity contribution in [1.29, 1.82) is 0 Å². The molecule has 2 rings (SSSR count). The van der Waals surface area contributed by atoms with E-state index in [1.165, 1.54) is 26.1 Å². The highest BCUT2D eigenvalue weighted by atomic mass is 16.4. The molecule has 2 atom stereocenters. The van der Waals surface area contributed by atoms with Crippen LogP contribution in [0, 0.1) is 0 Å². The smallest absolute Gasteiger partial charge is 0.335 e. The molecule has 0 aliphatic rings. The average molecular weight is 583 g/mol. The minimum atomic E-state index is -1.05. The molecule has 42 heavy (non-hydrogen) atoms. The molecule has 0 heterocycles. The summed E-state index contributed by atoms with van der Waals surface area (Å²) in [6.45, 7) is 2.32. The fourth-order valence-electron chi connectivity index (χ4n) is 3.90. The summed E-state index contributed by atoms with van der Waals surface area (Å²) < 4.78 is 0. The van der Waals surface area contributed by atoms with Gasteiger partial charge in [0.2, 0.25) is 17.7 Å². The molecule has 5 amide bonds. The first-order valence-corrected chi connectivity index (χ1v) is 13.5. The minimum Gasteiger partial charge on any atom is -0.478 e. The van der Waals surface area contributed by atoms with E-state index in [4.69, 9.17) is 5.11 Å². The van der Waals surface area contributed by atoms with E-state index in [9.17, 15) is 28.8 Å². The Labute approximate surface area is 244 Å². The second-order valence-corrected chi connectivity index (χ2v) is 9.44. The van der Waals surface area contributed by atoms with Crippen molar-refractivity contribution in [3.8, 4) is 0 Å². The fourth-order valence-corrected chi connectivity index (χ4v) is 3.90. The molecule has 13 heteroatoms. The molecule has 0 aromatic heterocycles. The summed E-state index contributed by atoms with van der Waals surface area (Å²) in [6.07, 6.45) is 0.410. The predicted molar refractivity (Wildman–Crippen MR) is 156 cm³/mol. The van der Waals surface area contributed by atoms with Crippen LogP contribution in [0.2, 0.25) is 0 Å². The number of rotatable bonds is 17. The third-order valence-corrected chi connectivity index (χ3v) is 6.21. The molecule has 0 fully saturated rings. The molecule has 0 spiro atoms. The van der Waals surface area contributed by atoms with Gasteiger partial charge in [-0.15, -0.1) is 0 Å². The molecule has 0 saturated heterocycles. The van der Waals surface area contributed by atoms with Crippen molar-refractivity contribution in [1.82, 2.24) is 26.6 Å². The van der Waals surface area contributed by atoms with Crippen molar-refractivity contribution in [3.63, 3.8) is 0 Å². The number of hydrogen-bond acceptors (Lipinski definition) is 8. The number of carboxylic acids is 1. The third-order valence-electron chi connectivity index (χ3n) is 6.21. The van der Waals surface area contributed by atoms with Crippen molar-refractivity contribution >= 4 is 41.2 Å². The van der Waals surface area contributed by atoms with Crippen LogP contribution in [0.25, 0.3) is 0 Å². The van der Waals surface area contributed by atoms with E-state index in [0.717, 1.165) is 5.56 Å². The summed E-state index contributed by atoms with van der Waals surface area (Å²) in [5.74, 6) is -2.52. The molecule has 0 radical (unpaired) electrons. The largest absolute Gasteiger partial charge is 0.478 e. The van der Waals surface area contributed by atoms with Gasteiger partial charge >= 0.3 is 12.0 Å². The molecule has 0 aliphatic heterocycles. The quantitative estimate of drug-likeness (QED) is 0.132. The lowest BCUT2D eigenvalue weighted by atomic mass is 10.0. The van der Waals surface area contributed by atoms with Crippen LogP contribution < -0.4 is 31.9 Å². The number of carbonyl (C=O) groups excluding carboxylic acids is 5. The van der Waals surface area contributed by atoms with Crippen molar-refractivity contribution in [2.24, 2.45) is 0 Å². The maximum atomic E-state index is 12.3. The van der Waals surface area contributed by atoms with Crippen LogP contribution in [0.4, 0.5) is 10.5 Å². The summed E-state index contributed by atoms with van der Waals surface area (Å²) in [5, 5.41) is 24.7. The molecule has 7 N–H and O–H groups in total. The van der Waals surface area contributed by atoms with E-state index < -0.39 is 29.9 Å². The number of urea groups is 1. The predicted octanol–water partition coefficient (Wildman–Crippen LogP) is 0.814. The number of aromatic carboxylic acids is 1. The topological polar surface area (TPSA) is 195 Å². The van der Waals surface area contributed by atoms with E-state index in [2.05, 4.69) is 31.9 Å². The Bertz CT molecular complexity index is 1220. The molecule has 226 valence electrons. The van der Waals surface area contributed by atoms with Crippen LogP contribution in [0.15, 0.2) is 54.6 Å². The maximum Gasteiger partial charge on any atom is 0.335 e. The van der Waals surface area contributed by atoms with E-state index in [1.54, 1.807) is 12.1 Å². The maximum absolute atomic E-state index is 12.3. The van der Waals surface area contributed by atoms with Crippen LogP contribution in [-0.4, -0.2) is 79.4 Å². The zero-order chi connectivity index (χ0) is 30.9. The molecular formula is C29H38N6O7. The molecular weight excluding hydrogens is 544 g/mol. The second-order valence-electron chi connectivity index (χ2n) is 9.44. The number of ketones is 1. The minimum absolute atomic E-state index is 0.00147. The third kappa shape index (κ3) is 12.6. The Morgan fingerprint density at radius 2 is 1.50 bits per heavy atom. The van der Waals surface area contributed by atoms with Crippen LogP contribution >= 0.6 is 0 Å². The highest BCUT2D eigenvalue weighted by Gasteiger charge is 2.22. The lowest BCUT2D eigenvalue weighted by Gasteiger charge is -2.18. The highest BCUT2D eigenvalue weighted by Crippen LogP contribution is 2.09. The van der Waals surface area contributed by atoms with Crippen LogP contribution in [0.1, 0.15) is 42.1 Å². The van der Waals surface area contributed by atoms with Gasteiger partial charge in [0.25, 0.3) is 0 Å². The highest BCUT2D eigenvalue weighted by molar-refractivity contribution is 5.96. The van der Waals surface area contributed by atoms with Gasteiger partial charge in [-0.3, -0.25) is 24.5 Å². The van der Waals surface area contributed by atoms with E-state index in [0.29, 0.717) is 18.7 Å². The van der Waals surface area contributed by atoms with E-state index >= 15 is 0 Å². The van der Waals surface area contributed by atoms with Crippen LogP contribution in [0.3, 0.4) is 0 Å². The Morgan fingerprint density at radius 1 is 0.810 bits per heavy atom. The van der Waals surface area contributed by atoms with Gasteiger partial charge in [0, 0.05) is 45.2 Å². The van der Waals surface area contributed by atoms with Crippen molar-refractivity contribution < 1.29 is 33.9 Å². The van der Waals surface area contributed by atoms with E-state index in [1.807, 2.05) is 30.3 Å². The monoisotopic (exact) mass is 582 g/mol. The molecule has 1 unspecified atom stereocenters. The lowest BCUT2D eigenvalue weighted by molar-refractivity contribution is -0.124. The number of Topliss-reactive ketones (excluding diaryl/α,β-unsaturated/α-hetero) is 1. The SMILES string of the molecule is CNC(=O)[C@H](CCC(=O)NCCNC(Cc1ccccc1)C(C)=O)NC(=O)NC(=O)CCNc1ccc(C(=O)O)cc1.